The Morgan fingerprint density at radius 1 is 0.750 bits per heavy atom. The first kappa shape index (κ1) is 22.1. The average molecular weight is 387 g/mol. The van der Waals surface area contributed by atoms with Crippen LogP contribution < -0.4 is 14.2 Å². The molecule has 0 aliphatic carbocycles. The van der Waals surface area contributed by atoms with Crippen molar-refractivity contribution in [3.63, 3.8) is 0 Å². The molecule has 2 rings (SSSR count). The van der Waals surface area contributed by atoms with Gasteiger partial charge >= 0.3 is 0 Å². The second-order valence-electron chi connectivity index (χ2n) is 7.11. The number of carbonyl (C=O) groups excluding carboxylic acids is 1. The molecule has 0 aliphatic heterocycles. The highest BCUT2D eigenvalue weighted by atomic mass is 16.5. The lowest BCUT2D eigenvalue weighted by Gasteiger charge is -2.17. The van der Waals surface area contributed by atoms with Crippen LogP contribution in [-0.2, 0) is 0 Å². The SMILES string of the molecule is CCCCCCOc1c(C=O)ccc2c(OCCCCCC)c(OC)ccc12. The largest absolute Gasteiger partial charge is 0.493 e. The quantitative estimate of drug-likeness (QED) is 0.272. The first-order chi connectivity index (χ1) is 13.8. The average Bonchev–Trinajstić information content (AvgIpc) is 2.73. The minimum absolute atomic E-state index is 0.571. The van der Waals surface area contributed by atoms with Crippen molar-refractivity contribution in [1.82, 2.24) is 0 Å². The number of hydrogen-bond acceptors (Lipinski definition) is 4. The Bertz CT molecular complexity index is 739. The van der Waals surface area contributed by atoms with E-state index in [0.29, 0.717) is 30.3 Å². The molecule has 28 heavy (non-hydrogen) atoms. The molecule has 0 bridgehead atoms. The van der Waals surface area contributed by atoms with E-state index in [4.69, 9.17) is 14.2 Å². The van der Waals surface area contributed by atoms with E-state index in [-0.39, 0.29) is 0 Å². The van der Waals surface area contributed by atoms with Crippen LogP contribution in [0.1, 0.15) is 75.6 Å². The van der Waals surface area contributed by atoms with E-state index in [0.717, 1.165) is 48.5 Å². The predicted molar refractivity (Wildman–Crippen MR) is 115 cm³/mol. The number of hydrogen-bond donors (Lipinski definition) is 0. The fourth-order valence-electron chi connectivity index (χ4n) is 3.32. The van der Waals surface area contributed by atoms with Gasteiger partial charge in [0.1, 0.15) is 5.75 Å². The summed E-state index contributed by atoms with van der Waals surface area (Å²) in [5.41, 5.74) is 0.571. The monoisotopic (exact) mass is 386 g/mol. The fourth-order valence-corrected chi connectivity index (χ4v) is 3.32. The molecule has 4 heteroatoms. The minimum Gasteiger partial charge on any atom is -0.493 e. The van der Waals surface area contributed by atoms with Crippen molar-refractivity contribution in [3.05, 3.63) is 29.8 Å². The second kappa shape index (κ2) is 12.3. The maximum atomic E-state index is 11.6. The van der Waals surface area contributed by atoms with Gasteiger partial charge in [0.05, 0.1) is 25.9 Å². The fraction of sp³-hybridized carbons (Fsp3) is 0.542. The molecule has 0 radical (unpaired) electrons. The molecule has 0 saturated carbocycles. The summed E-state index contributed by atoms with van der Waals surface area (Å²) in [5, 5.41) is 1.81. The molecule has 0 atom stereocenters. The van der Waals surface area contributed by atoms with Crippen LogP contribution in [0.2, 0.25) is 0 Å². The van der Waals surface area contributed by atoms with E-state index in [1.54, 1.807) is 13.2 Å². The van der Waals surface area contributed by atoms with Gasteiger partial charge in [-0.25, -0.2) is 0 Å². The standard InChI is InChI=1S/C24H34O4/c1-4-6-8-10-16-27-23-19(18-25)12-13-21-20(23)14-15-22(26-3)24(21)28-17-11-9-7-5-2/h12-15,18H,4-11,16-17H2,1-3H3. The lowest BCUT2D eigenvalue weighted by Crippen LogP contribution is -2.03. The molecule has 0 N–H and O–H groups in total. The van der Waals surface area contributed by atoms with Crippen molar-refractivity contribution < 1.29 is 19.0 Å². The van der Waals surface area contributed by atoms with Crippen LogP contribution in [0.25, 0.3) is 10.8 Å². The minimum atomic E-state index is 0.571. The van der Waals surface area contributed by atoms with Crippen LogP contribution in [-0.4, -0.2) is 26.6 Å². The number of ether oxygens (including phenoxy) is 3. The Balaban J connectivity index is 2.27. The number of fused-ring (bicyclic) bond motifs is 1. The number of carbonyl (C=O) groups is 1. The Morgan fingerprint density at radius 2 is 1.32 bits per heavy atom. The molecule has 2 aromatic carbocycles. The van der Waals surface area contributed by atoms with E-state index >= 15 is 0 Å². The molecule has 0 spiro atoms. The summed E-state index contributed by atoms with van der Waals surface area (Å²) in [6.07, 6.45) is 9.96. The second-order valence-corrected chi connectivity index (χ2v) is 7.11. The Hall–Kier alpha value is -2.23. The summed E-state index contributed by atoms with van der Waals surface area (Å²) >= 11 is 0. The summed E-state index contributed by atoms with van der Waals surface area (Å²) < 4.78 is 17.7. The number of rotatable bonds is 14. The van der Waals surface area contributed by atoms with Crippen LogP contribution in [0, 0.1) is 0 Å². The van der Waals surface area contributed by atoms with Gasteiger partial charge in [-0.2, -0.15) is 0 Å². The highest BCUT2D eigenvalue weighted by molar-refractivity contribution is 6.00. The number of unbranched alkanes of at least 4 members (excludes halogenated alkanes) is 6. The smallest absolute Gasteiger partial charge is 0.169 e. The summed E-state index contributed by atoms with van der Waals surface area (Å²) in [4.78, 5) is 11.6. The van der Waals surface area contributed by atoms with E-state index < -0.39 is 0 Å². The Labute approximate surface area is 169 Å². The van der Waals surface area contributed by atoms with Gasteiger partial charge in [-0.05, 0) is 37.1 Å². The molecule has 0 fully saturated rings. The molecule has 2 aromatic rings. The zero-order valence-corrected chi connectivity index (χ0v) is 17.6. The third-order valence-corrected chi connectivity index (χ3v) is 4.93. The molecule has 4 nitrogen and oxygen atoms in total. The predicted octanol–water partition coefficient (Wildman–Crippen LogP) is 6.58. The molecular formula is C24H34O4. The Morgan fingerprint density at radius 3 is 1.89 bits per heavy atom. The number of benzene rings is 2. The van der Waals surface area contributed by atoms with Gasteiger partial charge in [-0.15, -0.1) is 0 Å². The third kappa shape index (κ3) is 5.88. The molecule has 0 heterocycles. The van der Waals surface area contributed by atoms with Gasteiger partial charge in [0.2, 0.25) is 0 Å². The van der Waals surface area contributed by atoms with Crippen molar-refractivity contribution >= 4 is 17.1 Å². The van der Waals surface area contributed by atoms with Crippen LogP contribution in [0.3, 0.4) is 0 Å². The van der Waals surface area contributed by atoms with E-state index in [1.165, 1.54) is 25.7 Å². The summed E-state index contributed by atoms with van der Waals surface area (Å²) in [6.45, 7) is 5.65. The van der Waals surface area contributed by atoms with Gasteiger partial charge in [0.15, 0.2) is 17.8 Å². The third-order valence-electron chi connectivity index (χ3n) is 4.93. The van der Waals surface area contributed by atoms with Crippen molar-refractivity contribution in [2.45, 2.75) is 65.2 Å². The maximum absolute atomic E-state index is 11.6. The lowest BCUT2D eigenvalue weighted by atomic mass is 10.0. The van der Waals surface area contributed by atoms with Gasteiger partial charge in [0, 0.05) is 10.8 Å². The van der Waals surface area contributed by atoms with Gasteiger partial charge in [-0.1, -0.05) is 52.4 Å². The molecule has 0 amide bonds. The first-order valence-electron chi connectivity index (χ1n) is 10.6. The van der Waals surface area contributed by atoms with Crippen LogP contribution >= 0.6 is 0 Å². The maximum Gasteiger partial charge on any atom is 0.169 e. The first-order valence-corrected chi connectivity index (χ1v) is 10.6. The summed E-state index contributed by atoms with van der Waals surface area (Å²) in [6, 6.07) is 7.57. The Kier molecular flexibility index (Phi) is 9.67. The highest BCUT2D eigenvalue weighted by Crippen LogP contribution is 2.40. The summed E-state index contributed by atoms with van der Waals surface area (Å²) in [5.74, 6) is 2.07. The van der Waals surface area contributed by atoms with E-state index in [9.17, 15) is 4.79 Å². The van der Waals surface area contributed by atoms with Crippen LogP contribution in [0.4, 0.5) is 0 Å². The van der Waals surface area contributed by atoms with Gasteiger partial charge in [0.25, 0.3) is 0 Å². The molecule has 0 unspecified atom stereocenters. The molecule has 0 saturated heterocycles. The molecule has 0 aliphatic rings. The number of aldehydes is 1. The number of methoxy groups -OCH3 is 1. The van der Waals surface area contributed by atoms with Crippen LogP contribution in [0.15, 0.2) is 24.3 Å². The molecular weight excluding hydrogens is 352 g/mol. The zero-order valence-electron chi connectivity index (χ0n) is 17.6. The topological polar surface area (TPSA) is 44.8 Å². The van der Waals surface area contributed by atoms with Crippen molar-refractivity contribution in [2.75, 3.05) is 20.3 Å². The van der Waals surface area contributed by atoms with Crippen molar-refractivity contribution in [1.29, 1.82) is 0 Å². The van der Waals surface area contributed by atoms with E-state index in [1.807, 2.05) is 18.2 Å². The van der Waals surface area contributed by atoms with Gasteiger partial charge < -0.3 is 14.2 Å². The molecule has 0 aromatic heterocycles. The molecule has 154 valence electrons. The van der Waals surface area contributed by atoms with E-state index in [2.05, 4.69) is 13.8 Å². The van der Waals surface area contributed by atoms with Crippen molar-refractivity contribution in [2.24, 2.45) is 0 Å². The normalized spacial score (nSPS) is 10.8. The van der Waals surface area contributed by atoms with Crippen molar-refractivity contribution in [3.8, 4) is 17.2 Å². The lowest BCUT2D eigenvalue weighted by molar-refractivity contribution is 0.111. The zero-order chi connectivity index (χ0) is 20.2. The summed E-state index contributed by atoms with van der Waals surface area (Å²) in [7, 11) is 1.65. The van der Waals surface area contributed by atoms with Gasteiger partial charge in [-0.3, -0.25) is 4.79 Å². The highest BCUT2D eigenvalue weighted by Gasteiger charge is 2.16. The van der Waals surface area contributed by atoms with Crippen LogP contribution in [0.5, 0.6) is 17.2 Å².